The van der Waals surface area contributed by atoms with Gasteiger partial charge >= 0.3 is 6.09 Å². The summed E-state index contributed by atoms with van der Waals surface area (Å²) >= 11 is 0. The van der Waals surface area contributed by atoms with Crippen LogP contribution in [0.5, 0.6) is 0 Å². The Labute approximate surface area is 154 Å². The number of carbonyl (C=O) groups excluding carboxylic acids is 1. The van der Waals surface area contributed by atoms with Gasteiger partial charge in [-0.05, 0) is 46.9 Å². The van der Waals surface area contributed by atoms with Crippen LogP contribution in [0, 0.1) is 17.8 Å². The SMILES string of the molecule is C#C[C@@H]1CC2(CC2)CN1C(=O)OCC1c2ccccc2-c2ccccc21. The van der Waals surface area contributed by atoms with E-state index in [1.54, 1.807) is 4.90 Å². The van der Waals surface area contributed by atoms with Crippen LogP contribution in [-0.2, 0) is 4.74 Å². The highest BCUT2D eigenvalue weighted by atomic mass is 16.6. The van der Waals surface area contributed by atoms with Crippen molar-refractivity contribution in [1.82, 2.24) is 4.90 Å². The molecule has 5 rings (SSSR count). The van der Waals surface area contributed by atoms with Crippen LogP contribution in [-0.4, -0.2) is 30.2 Å². The van der Waals surface area contributed by atoms with Crippen molar-refractivity contribution in [2.75, 3.05) is 13.2 Å². The van der Waals surface area contributed by atoms with E-state index in [9.17, 15) is 4.79 Å². The van der Waals surface area contributed by atoms with Crippen molar-refractivity contribution in [3.63, 3.8) is 0 Å². The Hall–Kier alpha value is -2.73. The van der Waals surface area contributed by atoms with Crippen molar-refractivity contribution in [2.24, 2.45) is 5.41 Å². The van der Waals surface area contributed by atoms with Gasteiger partial charge in [0.1, 0.15) is 6.61 Å². The number of likely N-dealkylation sites (tertiary alicyclic amines) is 1. The molecule has 1 saturated carbocycles. The first-order valence-electron chi connectivity index (χ1n) is 9.29. The fraction of sp³-hybridized carbons (Fsp3) is 0.348. The van der Waals surface area contributed by atoms with Crippen molar-refractivity contribution in [3.8, 4) is 23.5 Å². The summed E-state index contributed by atoms with van der Waals surface area (Å²) in [6.45, 7) is 1.10. The van der Waals surface area contributed by atoms with Gasteiger partial charge < -0.3 is 4.74 Å². The third-order valence-corrected chi connectivity index (χ3v) is 6.23. The van der Waals surface area contributed by atoms with E-state index in [4.69, 9.17) is 11.2 Å². The highest BCUT2D eigenvalue weighted by Gasteiger charge is 2.53. The largest absolute Gasteiger partial charge is 0.448 e. The van der Waals surface area contributed by atoms with Crippen molar-refractivity contribution in [3.05, 3.63) is 59.7 Å². The molecule has 2 aromatic rings. The number of fused-ring (bicyclic) bond motifs is 3. The lowest BCUT2D eigenvalue weighted by atomic mass is 9.98. The van der Waals surface area contributed by atoms with Crippen LogP contribution in [0.15, 0.2) is 48.5 Å². The van der Waals surface area contributed by atoms with Crippen molar-refractivity contribution in [2.45, 2.75) is 31.2 Å². The summed E-state index contributed by atoms with van der Waals surface area (Å²) in [7, 11) is 0. The topological polar surface area (TPSA) is 29.5 Å². The van der Waals surface area contributed by atoms with Gasteiger partial charge in [-0.2, -0.15) is 0 Å². The summed E-state index contributed by atoms with van der Waals surface area (Å²) in [4.78, 5) is 14.5. The van der Waals surface area contributed by atoms with E-state index in [0.29, 0.717) is 6.61 Å². The number of hydrogen-bond acceptors (Lipinski definition) is 2. The second-order valence-corrected chi connectivity index (χ2v) is 7.82. The molecular weight excluding hydrogens is 322 g/mol. The fourth-order valence-corrected chi connectivity index (χ4v) is 4.61. The van der Waals surface area contributed by atoms with Gasteiger partial charge in [0, 0.05) is 12.5 Å². The zero-order valence-electron chi connectivity index (χ0n) is 14.7. The van der Waals surface area contributed by atoms with Crippen LogP contribution >= 0.6 is 0 Å². The number of benzene rings is 2. The highest BCUT2D eigenvalue weighted by Crippen LogP contribution is 2.54. The number of rotatable bonds is 2. The standard InChI is InChI=1S/C23H21NO2/c1-2-16-13-23(11-12-23)15-24(16)22(25)26-14-21-19-9-5-3-7-17(19)18-8-4-6-10-20(18)21/h1,3-10,16,21H,11-15H2/t16-/m1/s1. The number of ether oxygens (including phenoxy) is 1. The molecule has 1 aliphatic heterocycles. The summed E-state index contributed by atoms with van der Waals surface area (Å²) < 4.78 is 5.77. The minimum absolute atomic E-state index is 0.0909. The van der Waals surface area contributed by atoms with Gasteiger partial charge in [0.15, 0.2) is 0 Å². The first-order valence-corrected chi connectivity index (χ1v) is 9.29. The monoisotopic (exact) mass is 343 g/mol. The molecule has 1 heterocycles. The predicted octanol–water partition coefficient (Wildman–Crippen LogP) is 4.42. The molecule has 1 atom stereocenters. The van der Waals surface area contributed by atoms with E-state index < -0.39 is 0 Å². The van der Waals surface area contributed by atoms with Crippen LogP contribution in [0.4, 0.5) is 4.79 Å². The van der Waals surface area contributed by atoms with Crippen LogP contribution in [0.1, 0.15) is 36.3 Å². The molecule has 0 aromatic heterocycles. The minimum atomic E-state index is -0.265. The van der Waals surface area contributed by atoms with Crippen molar-refractivity contribution in [1.29, 1.82) is 0 Å². The van der Waals surface area contributed by atoms with Crippen LogP contribution in [0.25, 0.3) is 11.1 Å². The molecule has 2 aromatic carbocycles. The van der Waals surface area contributed by atoms with Gasteiger partial charge in [-0.1, -0.05) is 54.5 Å². The summed E-state index contributed by atoms with van der Waals surface area (Å²) in [5.41, 5.74) is 5.22. The van der Waals surface area contributed by atoms with Gasteiger partial charge in [-0.3, -0.25) is 4.90 Å². The second-order valence-electron chi connectivity index (χ2n) is 7.82. The van der Waals surface area contributed by atoms with Crippen LogP contribution in [0.3, 0.4) is 0 Å². The first-order chi connectivity index (χ1) is 12.7. The average molecular weight is 343 g/mol. The van der Waals surface area contributed by atoms with E-state index in [2.05, 4.69) is 42.3 Å². The van der Waals surface area contributed by atoms with Crippen LogP contribution in [0.2, 0.25) is 0 Å². The smallest absolute Gasteiger partial charge is 0.410 e. The molecule has 1 spiro atoms. The molecule has 3 aliphatic rings. The molecule has 1 saturated heterocycles. The lowest BCUT2D eigenvalue weighted by molar-refractivity contribution is 0.101. The molecule has 3 heteroatoms. The maximum absolute atomic E-state index is 12.7. The van der Waals surface area contributed by atoms with Gasteiger partial charge in [-0.15, -0.1) is 6.42 Å². The molecule has 0 radical (unpaired) electrons. The average Bonchev–Trinajstić information content (AvgIpc) is 3.21. The van der Waals surface area contributed by atoms with E-state index >= 15 is 0 Å². The van der Waals surface area contributed by atoms with Gasteiger partial charge in [-0.25, -0.2) is 4.79 Å². The molecular formula is C23H21NO2. The van der Waals surface area contributed by atoms with Gasteiger partial charge in [0.25, 0.3) is 0 Å². The number of amides is 1. The Balaban J connectivity index is 1.36. The Morgan fingerprint density at radius 2 is 1.73 bits per heavy atom. The Kier molecular flexibility index (Phi) is 3.37. The summed E-state index contributed by atoms with van der Waals surface area (Å²) in [6.07, 6.45) is 8.67. The van der Waals surface area contributed by atoms with Gasteiger partial charge in [0.05, 0.1) is 6.04 Å². The summed E-state index contributed by atoms with van der Waals surface area (Å²) in [6, 6.07) is 16.6. The second kappa shape index (κ2) is 5.64. The van der Waals surface area contributed by atoms with Crippen molar-refractivity contribution >= 4 is 6.09 Å². The molecule has 0 N–H and O–H groups in total. The van der Waals surface area contributed by atoms with E-state index in [0.717, 1.165) is 13.0 Å². The molecule has 2 fully saturated rings. The first kappa shape index (κ1) is 15.5. The molecule has 1 amide bonds. The summed E-state index contributed by atoms with van der Waals surface area (Å²) in [5.74, 6) is 2.87. The summed E-state index contributed by atoms with van der Waals surface area (Å²) in [5, 5.41) is 0. The normalized spacial score (nSPS) is 22.0. The molecule has 0 bridgehead atoms. The zero-order chi connectivity index (χ0) is 17.7. The third kappa shape index (κ3) is 2.33. The highest BCUT2D eigenvalue weighted by molar-refractivity contribution is 5.79. The zero-order valence-corrected chi connectivity index (χ0v) is 14.7. The molecule has 130 valence electrons. The maximum atomic E-state index is 12.7. The molecule has 3 nitrogen and oxygen atoms in total. The lowest BCUT2D eigenvalue weighted by Crippen LogP contribution is -2.36. The number of carbonyl (C=O) groups is 1. The minimum Gasteiger partial charge on any atom is -0.448 e. The Morgan fingerprint density at radius 3 is 2.31 bits per heavy atom. The number of nitrogens with zero attached hydrogens (tertiary/aromatic N) is 1. The van der Waals surface area contributed by atoms with Crippen LogP contribution < -0.4 is 0 Å². The van der Waals surface area contributed by atoms with Gasteiger partial charge in [0.2, 0.25) is 0 Å². The van der Waals surface area contributed by atoms with E-state index in [-0.39, 0.29) is 23.5 Å². The number of hydrogen-bond donors (Lipinski definition) is 0. The fourth-order valence-electron chi connectivity index (χ4n) is 4.61. The Bertz CT molecular complexity index is 876. The molecule has 0 unspecified atom stereocenters. The van der Waals surface area contributed by atoms with E-state index in [1.165, 1.54) is 35.1 Å². The lowest BCUT2D eigenvalue weighted by Gasteiger charge is -2.22. The molecule has 2 aliphatic carbocycles. The predicted molar refractivity (Wildman–Crippen MR) is 101 cm³/mol. The Morgan fingerprint density at radius 1 is 1.12 bits per heavy atom. The van der Waals surface area contributed by atoms with Crippen molar-refractivity contribution < 1.29 is 9.53 Å². The quantitative estimate of drug-likeness (QED) is 0.755. The third-order valence-electron chi connectivity index (χ3n) is 6.23. The van der Waals surface area contributed by atoms with E-state index in [1.807, 2.05) is 12.1 Å². The number of terminal acetylenes is 1. The maximum Gasteiger partial charge on any atom is 0.410 e. The molecule has 26 heavy (non-hydrogen) atoms.